The maximum absolute atomic E-state index is 11.5. The topological polar surface area (TPSA) is 104 Å². The first-order valence-corrected chi connectivity index (χ1v) is 8.40. The third kappa shape index (κ3) is 3.65. The lowest BCUT2D eigenvalue weighted by atomic mass is 10.1. The number of carboxylic acid groups (broad SMARTS) is 1. The second-order valence-corrected chi connectivity index (χ2v) is 7.56. The first-order valence-electron chi connectivity index (χ1n) is 6.09. The molecule has 1 aliphatic carbocycles. The van der Waals surface area contributed by atoms with Crippen LogP contribution < -0.4 is 4.74 Å². The van der Waals surface area contributed by atoms with Gasteiger partial charge < -0.3 is 9.84 Å². The van der Waals surface area contributed by atoms with Crippen molar-refractivity contribution in [3.63, 3.8) is 0 Å². The molecule has 8 heteroatoms. The van der Waals surface area contributed by atoms with Crippen LogP contribution in [0.4, 0.5) is 0 Å². The third-order valence-electron chi connectivity index (χ3n) is 3.40. The van der Waals surface area contributed by atoms with Crippen LogP contribution in [0.15, 0.2) is 23.1 Å². The molecule has 0 unspecified atom stereocenters. The predicted molar refractivity (Wildman–Crippen MR) is 73.8 cm³/mol. The van der Waals surface area contributed by atoms with Crippen LogP contribution in [-0.4, -0.2) is 26.1 Å². The highest BCUT2D eigenvalue weighted by atomic mass is 35.7. The smallest absolute Gasteiger partial charge is 0.335 e. The maximum atomic E-state index is 11.5. The van der Waals surface area contributed by atoms with Crippen molar-refractivity contribution in [3.05, 3.63) is 23.8 Å². The van der Waals surface area contributed by atoms with E-state index in [-0.39, 0.29) is 28.2 Å². The molecule has 0 aliphatic heterocycles. The summed E-state index contributed by atoms with van der Waals surface area (Å²) in [6, 6.07) is 5.54. The molecule has 1 aromatic carbocycles. The van der Waals surface area contributed by atoms with Gasteiger partial charge in [-0.1, -0.05) is 0 Å². The Kier molecular flexibility index (Phi) is 4.12. The Hall–Kier alpha value is -1.78. The summed E-state index contributed by atoms with van der Waals surface area (Å²) < 4.78 is 28.5. The SMILES string of the molecule is N#CCC1(COc2ccc(C(=O)O)cc2S(=O)(=O)Cl)CC1. The summed E-state index contributed by atoms with van der Waals surface area (Å²) in [6.45, 7) is 0.201. The van der Waals surface area contributed by atoms with Gasteiger partial charge in [-0.15, -0.1) is 0 Å². The molecule has 1 fully saturated rings. The van der Waals surface area contributed by atoms with Gasteiger partial charge in [0.15, 0.2) is 0 Å². The molecule has 1 saturated carbocycles. The molecule has 112 valence electrons. The molecule has 21 heavy (non-hydrogen) atoms. The first kappa shape index (κ1) is 15.6. The van der Waals surface area contributed by atoms with Gasteiger partial charge in [-0.05, 0) is 31.0 Å². The monoisotopic (exact) mass is 329 g/mol. The summed E-state index contributed by atoms with van der Waals surface area (Å²) in [4.78, 5) is 10.5. The number of hydrogen-bond acceptors (Lipinski definition) is 5. The minimum absolute atomic E-state index is 0.000727. The van der Waals surface area contributed by atoms with E-state index in [0.717, 1.165) is 18.9 Å². The first-order chi connectivity index (χ1) is 9.77. The van der Waals surface area contributed by atoms with E-state index < -0.39 is 15.0 Å². The molecule has 0 heterocycles. The van der Waals surface area contributed by atoms with Crippen molar-refractivity contribution in [2.24, 2.45) is 5.41 Å². The highest BCUT2D eigenvalue weighted by Gasteiger charge is 2.43. The zero-order valence-corrected chi connectivity index (χ0v) is 12.4. The summed E-state index contributed by atoms with van der Waals surface area (Å²) in [6.07, 6.45) is 2.02. The lowest BCUT2D eigenvalue weighted by molar-refractivity contribution is 0.0696. The number of nitrogens with zero attached hydrogens (tertiary/aromatic N) is 1. The fourth-order valence-electron chi connectivity index (χ4n) is 1.90. The van der Waals surface area contributed by atoms with E-state index in [0.29, 0.717) is 6.42 Å². The van der Waals surface area contributed by atoms with E-state index >= 15 is 0 Å². The Balaban J connectivity index is 2.27. The molecule has 0 aromatic heterocycles. The van der Waals surface area contributed by atoms with Crippen molar-refractivity contribution in [2.45, 2.75) is 24.2 Å². The summed E-state index contributed by atoms with van der Waals surface area (Å²) in [5, 5.41) is 17.6. The van der Waals surface area contributed by atoms with Crippen molar-refractivity contribution in [1.82, 2.24) is 0 Å². The Morgan fingerprint density at radius 1 is 1.48 bits per heavy atom. The van der Waals surface area contributed by atoms with Crippen molar-refractivity contribution < 1.29 is 23.1 Å². The van der Waals surface area contributed by atoms with Crippen LogP contribution >= 0.6 is 10.7 Å². The number of carbonyl (C=O) groups is 1. The van der Waals surface area contributed by atoms with Crippen molar-refractivity contribution in [1.29, 1.82) is 5.26 Å². The summed E-state index contributed by atoms with van der Waals surface area (Å²) in [5.41, 5.74) is -0.423. The van der Waals surface area contributed by atoms with Gasteiger partial charge in [0.25, 0.3) is 9.05 Å². The molecule has 0 amide bonds. The number of ether oxygens (including phenoxy) is 1. The second-order valence-electron chi connectivity index (χ2n) is 5.03. The van der Waals surface area contributed by atoms with Crippen LogP contribution in [-0.2, 0) is 9.05 Å². The van der Waals surface area contributed by atoms with Gasteiger partial charge in [0.05, 0.1) is 18.2 Å². The zero-order chi connectivity index (χ0) is 15.7. The molecule has 2 rings (SSSR count). The van der Waals surface area contributed by atoms with Crippen LogP contribution in [0.1, 0.15) is 29.6 Å². The number of carboxylic acids is 1. The minimum Gasteiger partial charge on any atom is -0.492 e. The fourth-order valence-corrected chi connectivity index (χ4v) is 2.90. The van der Waals surface area contributed by atoms with Crippen molar-refractivity contribution >= 4 is 25.7 Å². The molecule has 0 spiro atoms. The second kappa shape index (κ2) is 5.54. The number of nitriles is 1. The molecule has 0 atom stereocenters. The molecule has 1 aromatic rings. The Bertz CT molecular complexity index is 719. The summed E-state index contributed by atoms with van der Waals surface area (Å²) >= 11 is 0. The van der Waals surface area contributed by atoms with E-state index in [1.165, 1.54) is 12.1 Å². The van der Waals surface area contributed by atoms with E-state index in [1.807, 2.05) is 0 Å². The summed E-state index contributed by atoms with van der Waals surface area (Å²) in [7, 11) is 1.18. The maximum Gasteiger partial charge on any atom is 0.335 e. The van der Waals surface area contributed by atoms with E-state index in [9.17, 15) is 13.2 Å². The third-order valence-corrected chi connectivity index (χ3v) is 4.74. The molecular formula is C13H12ClNO5S. The van der Waals surface area contributed by atoms with Gasteiger partial charge in [-0.25, -0.2) is 13.2 Å². The van der Waals surface area contributed by atoms with Gasteiger partial charge in [0.1, 0.15) is 10.6 Å². The molecule has 1 aliphatic rings. The zero-order valence-electron chi connectivity index (χ0n) is 10.9. The average molecular weight is 330 g/mol. The van der Waals surface area contributed by atoms with Crippen LogP contribution in [0.2, 0.25) is 0 Å². The highest BCUT2D eigenvalue weighted by molar-refractivity contribution is 8.13. The lowest BCUT2D eigenvalue weighted by Gasteiger charge is -2.15. The quantitative estimate of drug-likeness (QED) is 0.803. The molecule has 1 N–H and O–H groups in total. The predicted octanol–water partition coefficient (Wildman–Crippen LogP) is 2.38. The van der Waals surface area contributed by atoms with Crippen LogP contribution in [0, 0.1) is 16.7 Å². The Morgan fingerprint density at radius 3 is 2.62 bits per heavy atom. The number of halogens is 1. The minimum atomic E-state index is -4.13. The van der Waals surface area contributed by atoms with Gasteiger partial charge in [0.2, 0.25) is 0 Å². The van der Waals surface area contributed by atoms with Crippen molar-refractivity contribution in [2.75, 3.05) is 6.61 Å². The Morgan fingerprint density at radius 2 is 2.14 bits per heavy atom. The van der Waals surface area contributed by atoms with E-state index in [1.54, 1.807) is 0 Å². The molecule has 0 saturated heterocycles. The number of aromatic carboxylic acids is 1. The standard InChI is InChI=1S/C13H12ClNO5S/c14-21(18,19)11-7-9(12(16)17)1-2-10(11)20-8-13(3-4-13)5-6-15/h1-2,7H,3-5,8H2,(H,16,17). The molecule has 0 bridgehead atoms. The molecular weight excluding hydrogens is 318 g/mol. The normalized spacial score (nSPS) is 16.0. The van der Waals surface area contributed by atoms with Crippen LogP contribution in [0.5, 0.6) is 5.75 Å². The van der Waals surface area contributed by atoms with Crippen LogP contribution in [0.25, 0.3) is 0 Å². The highest BCUT2D eigenvalue weighted by Crippen LogP contribution is 2.49. The largest absolute Gasteiger partial charge is 0.492 e. The van der Waals surface area contributed by atoms with Crippen molar-refractivity contribution in [3.8, 4) is 11.8 Å². The average Bonchev–Trinajstić information content (AvgIpc) is 3.16. The van der Waals surface area contributed by atoms with E-state index in [4.69, 9.17) is 25.8 Å². The number of benzene rings is 1. The van der Waals surface area contributed by atoms with Gasteiger partial charge >= 0.3 is 5.97 Å². The molecule has 6 nitrogen and oxygen atoms in total. The number of rotatable bonds is 6. The lowest BCUT2D eigenvalue weighted by Crippen LogP contribution is -2.14. The fraction of sp³-hybridized carbons (Fsp3) is 0.385. The summed E-state index contributed by atoms with van der Waals surface area (Å²) in [5.74, 6) is -1.26. The van der Waals surface area contributed by atoms with Crippen LogP contribution in [0.3, 0.4) is 0 Å². The Labute approximate surface area is 126 Å². The van der Waals surface area contributed by atoms with Gasteiger partial charge in [-0.2, -0.15) is 5.26 Å². The van der Waals surface area contributed by atoms with Gasteiger partial charge in [0, 0.05) is 22.5 Å². The molecule has 0 radical (unpaired) electrons. The number of hydrogen-bond donors (Lipinski definition) is 1. The van der Waals surface area contributed by atoms with E-state index in [2.05, 4.69) is 6.07 Å². The van der Waals surface area contributed by atoms with Gasteiger partial charge in [-0.3, -0.25) is 0 Å².